The summed E-state index contributed by atoms with van der Waals surface area (Å²) in [6.07, 6.45) is 34.2. The summed E-state index contributed by atoms with van der Waals surface area (Å²) in [4.78, 5) is 63.6. The van der Waals surface area contributed by atoms with E-state index >= 15 is 0 Å². The predicted octanol–water partition coefficient (Wildman–Crippen LogP) is 4.56. The van der Waals surface area contributed by atoms with Crippen LogP contribution in [-0.2, 0) is 33.4 Å². The van der Waals surface area contributed by atoms with Crippen molar-refractivity contribution in [2.75, 3.05) is 13.2 Å². The fourth-order valence-electron chi connectivity index (χ4n) is 3.41. The highest BCUT2D eigenvalue weighted by Gasteiger charge is 2.32. The van der Waals surface area contributed by atoms with Crippen molar-refractivity contribution in [2.24, 2.45) is 0 Å². The van der Waals surface area contributed by atoms with E-state index in [9.17, 15) is 24.0 Å². The third kappa shape index (κ3) is 10.4. The summed E-state index contributed by atoms with van der Waals surface area (Å²) in [5, 5.41) is 0. The van der Waals surface area contributed by atoms with Crippen molar-refractivity contribution in [3.8, 4) is 0 Å². The van der Waals surface area contributed by atoms with Gasteiger partial charge in [0.15, 0.2) is 17.3 Å². The number of hydrogen-bond donors (Lipinski definition) is 0. The number of ether oxygens (including phenoxy) is 2. The number of amides is 1. The Kier molecular flexibility index (Phi) is 12.2. The van der Waals surface area contributed by atoms with Crippen molar-refractivity contribution in [3.05, 3.63) is 145 Å². The Morgan fingerprint density at radius 1 is 0.610 bits per heavy atom. The van der Waals surface area contributed by atoms with Gasteiger partial charge in [0.2, 0.25) is 0 Å². The van der Waals surface area contributed by atoms with Gasteiger partial charge in [-0.25, -0.2) is 4.79 Å². The van der Waals surface area contributed by atoms with E-state index in [0.29, 0.717) is 5.76 Å². The van der Waals surface area contributed by atoms with E-state index in [2.05, 4.69) is 0 Å². The first-order chi connectivity index (χ1) is 20.0. The molecule has 3 aliphatic heterocycles. The van der Waals surface area contributed by atoms with Crippen LogP contribution >= 0.6 is 0 Å². The van der Waals surface area contributed by atoms with Crippen LogP contribution in [0.2, 0.25) is 0 Å². The molecule has 0 aromatic carbocycles. The molecule has 41 heavy (non-hydrogen) atoms. The maximum atomic E-state index is 13.0. The standard InChI is InChI=1S/C33H29NO7/c35-26-16-9-6-4-2-1-3-5-7-12-19-28-20-15-22-30(41-28)31(37)32(38)34-24-14-13-21-29(34)33(39)40-25-23-27(36)18-11-8-10-17-26/h1-16,18-22H,17,23-25H2. The zero-order valence-corrected chi connectivity index (χ0v) is 22.3. The van der Waals surface area contributed by atoms with Gasteiger partial charge in [-0.15, -0.1) is 0 Å². The highest BCUT2D eigenvalue weighted by atomic mass is 16.5. The maximum Gasteiger partial charge on any atom is 0.355 e. The number of nitrogens with zero attached hydrogens (tertiary/aromatic N) is 1. The topological polar surface area (TPSA) is 107 Å². The van der Waals surface area contributed by atoms with Gasteiger partial charge in [0, 0.05) is 19.4 Å². The molecular weight excluding hydrogens is 522 g/mol. The van der Waals surface area contributed by atoms with Gasteiger partial charge in [-0.05, 0) is 36.5 Å². The molecule has 0 atom stereocenters. The molecule has 3 aliphatic rings. The lowest BCUT2D eigenvalue weighted by atomic mass is 10.1. The monoisotopic (exact) mass is 551 g/mol. The van der Waals surface area contributed by atoms with E-state index in [-0.39, 0.29) is 49.0 Å². The van der Waals surface area contributed by atoms with Crippen LogP contribution in [0.5, 0.6) is 0 Å². The molecule has 3 heterocycles. The average Bonchev–Trinajstić information content (AvgIpc) is 2.98. The van der Waals surface area contributed by atoms with Crippen molar-refractivity contribution in [2.45, 2.75) is 12.8 Å². The quantitative estimate of drug-likeness (QED) is 0.321. The van der Waals surface area contributed by atoms with E-state index < -0.39 is 17.7 Å². The molecule has 1 amide bonds. The minimum atomic E-state index is -0.957. The Balaban J connectivity index is 1.75. The number of Topliss-reactive ketones (excluding diaryl/α,β-unsaturated/α-hetero) is 1. The number of carbonyl (C=O) groups is 5. The maximum absolute atomic E-state index is 13.0. The summed E-state index contributed by atoms with van der Waals surface area (Å²) in [6.45, 7) is -0.229. The van der Waals surface area contributed by atoms with E-state index in [1.807, 2.05) is 12.2 Å². The number of esters is 1. The summed E-state index contributed by atoms with van der Waals surface area (Å²) < 4.78 is 10.8. The van der Waals surface area contributed by atoms with Crippen LogP contribution in [-0.4, -0.2) is 47.3 Å². The summed E-state index contributed by atoms with van der Waals surface area (Å²) in [7, 11) is 0. The second-order valence-corrected chi connectivity index (χ2v) is 8.49. The molecule has 0 aliphatic carbocycles. The highest BCUT2D eigenvalue weighted by molar-refractivity contribution is 6.42. The molecule has 0 spiro atoms. The largest absolute Gasteiger partial charge is 0.461 e. The minimum absolute atomic E-state index is 0.0110. The first kappa shape index (κ1) is 30.2. The third-order valence-corrected chi connectivity index (χ3v) is 5.44. The smallest absolute Gasteiger partial charge is 0.355 e. The van der Waals surface area contributed by atoms with Gasteiger partial charge in [0.25, 0.3) is 5.78 Å². The SMILES string of the molecule is O=C1C=CC=CC=CC=CC=CC=C2C=CC=C(O2)C(=O)C(=O)N2CC=CC=C2C(=O)OCCC(=O)C=CC=CC1. The van der Waals surface area contributed by atoms with Crippen molar-refractivity contribution < 1.29 is 33.4 Å². The van der Waals surface area contributed by atoms with Crippen molar-refractivity contribution >= 4 is 29.2 Å². The van der Waals surface area contributed by atoms with Crippen LogP contribution in [0.1, 0.15) is 12.8 Å². The van der Waals surface area contributed by atoms with Crippen LogP contribution in [0.4, 0.5) is 0 Å². The summed E-state index contributed by atoms with van der Waals surface area (Å²) in [5.41, 5.74) is -0.124. The number of rotatable bonds is 0. The number of allylic oxidation sites excluding steroid dienone is 20. The summed E-state index contributed by atoms with van der Waals surface area (Å²) in [6, 6.07) is 0. The fourth-order valence-corrected chi connectivity index (χ4v) is 3.41. The first-order valence-corrected chi connectivity index (χ1v) is 12.9. The van der Waals surface area contributed by atoms with Gasteiger partial charge in [-0.3, -0.25) is 24.1 Å². The normalized spacial score (nSPS) is 19.5. The van der Waals surface area contributed by atoms with E-state index in [4.69, 9.17) is 9.47 Å². The molecule has 3 rings (SSSR count). The molecule has 0 aromatic heterocycles. The second-order valence-electron chi connectivity index (χ2n) is 8.49. The van der Waals surface area contributed by atoms with Crippen molar-refractivity contribution in [1.82, 2.24) is 4.90 Å². The van der Waals surface area contributed by atoms with Crippen molar-refractivity contribution in [3.63, 3.8) is 0 Å². The van der Waals surface area contributed by atoms with Crippen LogP contribution in [0.3, 0.4) is 0 Å². The lowest BCUT2D eigenvalue weighted by Gasteiger charge is -2.24. The zero-order valence-electron chi connectivity index (χ0n) is 22.3. The Labute approximate surface area is 238 Å². The van der Waals surface area contributed by atoms with Crippen LogP contribution in [0.15, 0.2) is 145 Å². The molecule has 0 unspecified atom stereocenters. The molecule has 8 nitrogen and oxygen atoms in total. The Morgan fingerprint density at radius 2 is 1.29 bits per heavy atom. The number of fused-ring (bicyclic) bond motifs is 3. The van der Waals surface area contributed by atoms with E-state index in [1.165, 1.54) is 30.4 Å². The molecule has 0 saturated heterocycles. The van der Waals surface area contributed by atoms with Gasteiger partial charge in [-0.2, -0.15) is 0 Å². The number of carbonyl (C=O) groups excluding carboxylic acids is 5. The first-order valence-electron chi connectivity index (χ1n) is 12.9. The molecule has 0 radical (unpaired) electrons. The molecule has 2 bridgehead atoms. The van der Waals surface area contributed by atoms with Crippen LogP contribution in [0, 0.1) is 0 Å². The molecule has 208 valence electrons. The van der Waals surface area contributed by atoms with Gasteiger partial charge in [0.1, 0.15) is 11.5 Å². The number of cyclic esters (lactones) is 1. The molecular formula is C33H29NO7. The highest BCUT2D eigenvalue weighted by Crippen LogP contribution is 2.19. The molecule has 0 aromatic rings. The van der Waals surface area contributed by atoms with Crippen LogP contribution < -0.4 is 0 Å². The zero-order chi connectivity index (χ0) is 29.3. The second kappa shape index (κ2) is 16.6. The predicted molar refractivity (Wildman–Crippen MR) is 155 cm³/mol. The van der Waals surface area contributed by atoms with Crippen molar-refractivity contribution in [1.29, 1.82) is 0 Å². The Bertz CT molecular complexity index is 1420. The Hall–Kier alpha value is -5.37. The van der Waals surface area contributed by atoms with Gasteiger partial charge in [0.05, 0.1) is 6.61 Å². The van der Waals surface area contributed by atoms with Gasteiger partial charge >= 0.3 is 11.9 Å². The Morgan fingerprint density at radius 3 is 2.07 bits per heavy atom. The minimum Gasteiger partial charge on any atom is -0.461 e. The third-order valence-electron chi connectivity index (χ3n) is 5.44. The van der Waals surface area contributed by atoms with Gasteiger partial charge in [-0.1, -0.05) is 91.1 Å². The number of hydrogen-bond acceptors (Lipinski definition) is 7. The summed E-state index contributed by atoms with van der Waals surface area (Å²) in [5.74, 6) is -2.95. The number of ketones is 3. The van der Waals surface area contributed by atoms with Crippen LogP contribution in [0.25, 0.3) is 0 Å². The van der Waals surface area contributed by atoms with E-state index in [0.717, 1.165) is 4.90 Å². The van der Waals surface area contributed by atoms with Gasteiger partial charge < -0.3 is 9.47 Å². The fraction of sp³-hybridized carbons (Fsp3) is 0.121. The lowest BCUT2D eigenvalue weighted by molar-refractivity contribution is -0.147. The average molecular weight is 552 g/mol. The summed E-state index contributed by atoms with van der Waals surface area (Å²) >= 11 is 0. The van der Waals surface area contributed by atoms with E-state index in [1.54, 1.807) is 85.1 Å². The molecule has 0 fully saturated rings. The lowest BCUT2D eigenvalue weighted by Crippen LogP contribution is -2.41. The molecule has 8 heteroatoms. The molecule has 0 N–H and O–H groups in total. The molecule has 0 saturated carbocycles.